The fourth-order valence-electron chi connectivity index (χ4n) is 5.05. The number of anilines is 2. The van der Waals surface area contributed by atoms with Crippen molar-refractivity contribution in [3.8, 4) is 23.3 Å². The van der Waals surface area contributed by atoms with E-state index in [9.17, 15) is 14.9 Å². The molecule has 5 rings (SSSR count). The van der Waals surface area contributed by atoms with Crippen molar-refractivity contribution in [1.29, 1.82) is 5.26 Å². The van der Waals surface area contributed by atoms with Gasteiger partial charge in [0.2, 0.25) is 16.8 Å². The number of amides is 1. The summed E-state index contributed by atoms with van der Waals surface area (Å²) in [4.78, 5) is 27.5. The van der Waals surface area contributed by atoms with Gasteiger partial charge < -0.3 is 29.8 Å². The van der Waals surface area contributed by atoms with Gasteiger partial charge in [0.25, 0.3) is 0 Å². The number of aromatic nitrogens is 3. The van der Waals surface area contributed by atoms with Crippen LogP contribution in [0.15, 0.2) is 49.7 Å². The van der Waals surface area contributed by atoms with Gasteiger partial charge in [-0.05, 0) is 25.8 Å². The van der Waals surface area contributed by atoms with E-state index in [0.717, 1.165) is 0 Å². The lowest BCUT2D eigenvalue weighted by molar-refractivity contribution is -0.116. The predicted octanol–water partition coefficient (Wildman–Crippen LogP) is 3.90. The smallest absolute Gasteiger partial charge is 0.236 e. The fraction of sp³-hybridized carbons (Fsp3) is 0.333. The first kappa shape index (κ1) is 29.0. The Morgan fingerprint density at radius 2 is 2.02 bits per heavy atom. The summed E-state index contributed by atoms with van der Waals surface area (Å²) in [6.45, 7) is 1.73. The number of carbonyl (C=O) groups excluding carboxylic acids is 2. The molecule has 3 heterocycles. The Balaban J connectivity index is 1.50. The number of aryl methyl sites for hydroxylation is 1. The van der Waals surface area contributed by atoms with Gasteiger partial charge in [0.05, 0.1) is 44.6 Å². The number of ketones is 1. The van der Waals surface area contributed by atoms with Crippen LogP contribution in [-0.2, 0) is 9.59 Å². The second-order valence-corrected chi connectivity index (χ2v) is 11.4. The molecule has 0 saturated heterocycles. The summed E-state index contributed by atoms with van der Waals surface area (Å²) < 4.78 is 22.2. The van der Waals surface area contributed by atoms with Crippen LogP contribution in [0.3, 0.4) is 0 Å². The Kier molecular flexibility index (Phi) is 8.36. The average Bonchev–Trinajstić information content (AvgIpc) is 3.63. The SMILES string of the molecule is COc1ccc(C2C(C#N)=C(N)N(c3nnc(SCC(=O)Nc4cc(C)on4)s3)C3=C2C(=O)CCC3)c(OC)c1OC. The first-order valence-electron chi connectivity index (χ1n) is 12.8. The number of ether oxygens (including phenoxy) is 3. The maximum atomic E-state index is 13.5. The van der Waals surface area contributed by atoms with Gasteiger partial charge in [0.15, 0.2) is 27.4 Å². The number of allylic oxidation sites excluding steroid dienone is 3. The molecular formula is C27H27N7O6S2. The fourth-order valence-corrected chi connectivity index (χ4v) is 6.73. The highest BCUT2D eigenvalue weighted by atomic mass is 32.2. The lowest BCUT2D eigenvalue weighted by Gasteiger charge is -2.38. The minimum absolute atomic E-state index is 0.0584. The van der Waals surface area contributed by atoms with Crippen LogP contribution in [0.4, 0.5) is 10.9 Å². The molecule has 15 heteroatoms. The first-order valence-corrected chi connectivity index (χ1v) is 14.6. The number of Topliss-reactive ketones (excluding diaryl/α,β-unsaturated/α-hetero) is 1. The number of methoxy groups -OCH3 is 3. The van der Waals surface area contributed by atoms with Gasteiger partial charge >= 0.3 is 0 Å². The molecule has 42 heavy (non-hydrogen) atoms. The van der Waals surface area contributed by atoms with E-state index < -0.39 is 5.92 Å². The molecule has 0 spiro atoms. The van der Waals surface area contributed by atoms with Crippen LogP contribution >= 0.6 is 23.1 Å². The van der Waals surface area contributed by atoms with Gasteiger partial charge in [-0.15, -0.1) is 10.2 Å². The Bertz CT molecular complexity index is 1650. The maximum absolute atomic E-state index is 13.5. The molecule has 2 aromatic heterocycles. The molecule has 0 saturated carbocycles. The number of nitrogens with one attached hydrogen (secondary N) is 1. The van der Waals surface area contributed by atoms with E-state index in [1.165, 1.54) is 44.4 Å². The van der Waals surface area contributed by atoms with E-state index in [4.69, 9.17) is 24.5 Å². The van der Waals surface area contributed by atoms with Crippen LogP contribution in [-0.4, -0.2) is 54.1 Å². The van der Waals surface area contributed by atoms with Gasteiger partial charge in [-0.1, -0.05) is 34.3 Å². The summed E-state index contributed by atoms with van der Waals surface area (Å²) in [5.74, 6) is 1.07. The van der Waals surface area contributed by atoms with Gasteiger partial charge in [-0.3, -0.25) is 14.5 Å². The summed E-state index contributed by atoms with van der Waals surface area (Å²) in [6.07, 6.45) is 1.48. The molecule has 1 aromatic carbocycles. The molecule has 1 aliphatic heterocycles. The molecule has 0 radical (unpaired) electrons. The average molecular weight is 610 g/mol. The molecule has 2 aliphatic rings. The van der Waals surface area contributed by atoms with Crippen LogP contribution in [0.25, 0.3) is 0 Å². The van der Waals surface area contributed by atoms with Crippen molar-refractivity contribution in [3.05, 3.63) is 52.2 Å². The number of hydrogen-bond donors (Lipinski definition) is 2. The van der Waals surface area contributed by atoms with Gasteiger partial charge in [0.1, 0.15) is 11.6 Å². The molecule has 3 N–H and O–H groups in total. The topological polar surface area (TPSA) is 179 Å². The van der Waals surface area contributed by atoms with Crippen LogP contribution in [0.2, 0.25) is 0 Å². The third-order valence-electron chi connectivity index (χ3n) is 6.77. The van der Waals surface area contributed by atoms with Crippen LogP contribution in [0.5, 0.6) is 17.2 Å². The quantitative estimate of drug-likeness (QED) is 0.334. The molecule has 0 bridgehead atoms. The van der Waals surface area contributed by atoms with Crippen molar-refractivity contribution in [1.82, 2.24) is 15.4 Å². The summed E-state index contributed by atoms with van der Waals surface area (Å²) in [5.41, 5.74) is 8.50. The van der Waals surface area contributed by atoms with Gasteiger partial charge in [-0.2, -0.15) is 5.26 Å². The number of hydrogen-bond acceptors (Lipinski definition) is 14. The minimum atomic E-state index is -0.783. The number of thioether (sulfide) groups is 1. The summed E-state index contributed by atoms with van der Waals surface area (Å²) in [5, 5.41) is 25.7. The second-order valence-electron chi connectivity index (χ2n) is 9.25. The Morgan fingerprint density at radius 3 is 2.69 bits per heavy atom. The zero-order chi connectivity index (χ0) is 30.0. The number of carbonyl (C=O) groups is 2. The van der Waals surface area contributed by atoms with Crippen LogP contribution in [0, 0.1) is 18.3 Å². The Labute approximate surface area is 249 Å². The van der Waals surface area contributed by atoms with Crippen molar-refractivity contribution in [2.75, 3.05) is 37.3 Å². The molecule has 1 amide bonds. The molecule has 13 nitrogen and oxygen atoms in total. The Morgan fingerprint density at radius 1 is 1.24 bits per heavy atom. The minimum Gasteiger partial charge on any atom is -0.493 e. The van der Waals surface area contributed by atoms with Gasteiger partial charge in [-0.25, -0.2) is 0 Å². The monoisotopic (exact) mass is 609 g/mol. The predicted molar refractivity (Wildman–Crippen MR) is 155 cm³/mol. The van der Waals surface area contributed by atoms with E-state index in [0.29, 0.717) is 74.4 Å². The highest BCUT2D eigenvalue weighted by Crippen LogP contribution is 2.52. The number of nitrogens with two attached hydrogens (primary N) is 1. The molecule has 3 aromatic rings. The first-order chi connectivity index (χ1) is 20.3. The largest absolute Gasteiger partial charge is 0.493 e. The highest BCUT2D eigenvalue weighted by molar-refractivity contribution is 8.01. The highest BCUT2D eigenvalue weighted by Gasteiger charge is 2.43. The van der Waals surface area contributed by atoms with Crippen LogP contribution < -0.4 is 30.2 Å². The number of nitriles is 1. The third-order valence-corrected chi connectivity index (χ3v) is 8.81. The third kappa shape index (κ3) is 5.26. The molecule has 1 unspecified atom stereocenters. The van der Waals surface area contributed by atoms with E-state index in [1.54, 1.807) is 30.0 Å². The maximum Gasteiger partial charge on any atom is 0.236 e. The standard InChI is InChI=1S/C27H27N7O6S2/c1-13-10-19(33-40-13)30-20(36)12-41-27-32-31-26(42-27)34-16-6-5-7-17(35)22(16)21(15(11-28)25(34)29)14-8-9-18(37-2)24(39-4)23(14)38-3/h8-10,21H,5-7,12,29H2,1-4H3,(H,30,33,36). The van der Waals surface area contributed by atoms with Crippen molar-refractivity contribution >= 4 is 45.7 Å². The summed E-state index contributed by atoms with van der Waals surface area (Å²) in [7, 11) is 4.49. The Hall–Kier alpha value is -4.55. The van der Waals surface area contributed by atoms with Crippen molar-refractivity contribution in [2.45, 2.75) is 36.4 Å². The van der Waals surface area contributed by atoms with Crippen molar-refractivity contribution < 1.29 is 28.3 Å². The number of nitrogens with zero attached hydrogens (tertiary/aromatic N) is 5. The zero-order valence-electron chi connectivity index (χ0n) is 23.2. The van der Waals surface area contributed by atoms with Crippen molar-refractivity contribution in [3.63, 3.8) is 0 Å². The van der Waals surface area contributed by atoms with E-state index in [1.807, 2.05) is 0 Å². The molecule has 1 aliphatic carbocycles. The lowest BCUT2D eigenvalue weighted by Crippen LogP contribution is -2.38. The normalized spacial score (nSPS) is 16.7. The lowest BCUT2D eigenvalue weighted by atomic mass is 9.75. The van der Waals surface area contributed by atoms with Crippen molar-refractivity contribution in [2.24, 2.45) is 5.73 Å². The number of benzene rings is 1. The van der Waals surface area contributed by atoms with E-state index in [-0.39, 0.29) is 28.8 Å². The molecule has 218 valence electrons. The zero-order valence-corrected chi connectivity index (χ0v) is 24.9. The van der Waals surface area contributed by atoms with Gasteiger partial charge in [0, 0.05) is 29.3 Å². The van der Waals surface area contributed by atoms with Crippen LogP contribution in [0.1, 0.15) is 36.5 Å². The molecule has 1 atom stereocenters. The summed E-state index contributed by atoms with van der Waals surface area (Å²) in [6, 6.07) is 7.30. The number of rotatable bonds is 9. The summed E-state index contributed by atoms with van der Waals surface area (Å²) >= 11 is 2.39. The van der Waals surface area contributed by atoms with E-state index >= 15 is 0 Å². The molecular weight excluding hydrogens is 582 g/mol. The van der Waals surface area contributed by atoms with E-state index in [2.05, 4.69) is 26.7 Å². The second kappa shape index (κ2) is 12.1. The molecule has 0 fully saturated rings.